The highest BCUT2D eigenvalue weighted by Gasteiger charge is 2.27. The van der Waals surface area contributed by atoms with Crippen LogP contribution >= 0.6 is 0 Å². The summed E-state index contributed by atoms with van der Waals surface area (Å²) in [6.45, 7) is 5.84. The molecule has 0 N–H and O–H groups in total. The van der Waals surface area contributed by atoms with E-state index in [1.165, 1.54) is 0 Å². The van der Waals surface area contributed by atoms with Crippen molar-refractivity contribution >= 4 is 0 Å². The van der Waals surface area contributed by atoms with E-state index in [2.05, 4.69) is 0 Å². The standard InChI is InChI=1S/C10H9O2/c1-8-11-7-10(12-8)9-5-3-2-4-6-9/h1-6,10H,7H2/q+1. The van der Waals surface area contributed by atoms with Gasteiger partial charge in [-0.25, -0.2) is 0 Å². The quantitative estimate of drug-likeness (QED) is 0.587. The van der Waals surface area contributed by atoms with Crippen LogP contribution in [0.5, 0.6) is 0 Å². The molecule has 0 amide bonds. The molecule has 1 heterocycles. The Bertz CT molecular complexity index is 279. The Morgan fingerprint density at radius 1 is 1.25 bits per heavy atom. The van der Waals surface area contributed by atoms with E-state index in [1.807, 2.05) is 30.3 Å². The molecular formula is C10H9O2+. The summed E-state index contributed by atoms with van der Waals surface area (Å²) in [5.41, 5.74) is 1.10. The number of ether oxygens (including phenoxy) is 2. The van der Waals surface area contributed by atoms with Gasteiger partial charge in [-0.05, 0) is 5.56 Å². The van der Waals surface area contributed by atoms with E-state index in [1.54, 1.807) is 0 Å². The third kappa shape index (κ3) is 1.25. The summed E-state index contributed by atoms with van der Waals surface area (Å²) >= 11 is 0. The Morgan fingerprint density at radius 3 is 2.58 bits per heavy atom. The van der Waals surface area contributed by atoms with E-state index >= 15 is 0 Å². The van der Waals surface area contributed by atoms with Crippen LogP contribution < -0.4 is 0 Å². The number of hydrogen-bond donors (Lipinski definition) is 0. The van der Waals surface area contributed by atoms with Crippen molar-refractivity contribution in [1.82, 2.24) is 0 Å². The van der Waals surface area contributed by atoms with Gasteiger partial charge >= 0.3 is 12.5 Å². The summed E-state index contributed by atoms with van der Waals surface area (Å²) < 4.78 is 10.2. The maximum atomic E-state index is 5.33. The Labute approximate surface area is 71.4 Å². The number of benzene rings is 1. The first-order chi connectivity index (χ1) is 5.86. The van der Waals surface area contributed by atoms with E-state index in [0.29, 0.717) is 6.61 Å². The molecule has 0 spiro atoms. The van der Waals surface area contributed by atoms with E-state index in [-0.39, 0.29) is 12.0 Å². The Balaban J connectivity index is 2.16. The number of rotatable bonds is 1. The van der Waals surface area contributed by atoms with Gasteiger partial charge < -0.3 is 9.47 Å². The molecule has 1 aliphatic rings. The molecule has 0 bridgehead atoms. The fourth-order valence-electron chi connectivity index (χ4n) is 1.20. The largest absolute Gasteiger partial charge is 0.540 e. The van der Waals surface area contributed by atoms with E-state index < -0.39 is 0 Å². The van der Waals surface area contributed by atoms with Crippen LogP contribution in [-0.4, -0.2) is 6.61 Å². The van der Waals surface area contributed by atoms with Gasteiger partial charge in [-0.2, -0.15) is 0 Å². The van der Waals surface area contributed by atoms with Gasteiger partial charge in [0.2, 0.25) is 0 Å². The van der Waals surface area contributed by atoms with Crippen molar-refractivity contribution in [2.45, 2.75) is 6.10 Å². The van der Waals surface area contributed by atoms with Crippen LogP contribution in [0.15, 0.2) is 36.3 Å². The Kier molecular flexibility index (Phi) is 1.69. The van der Waals surface area contributed by atoms with Crippen LogP contribution in [0, 0.1) is 6.58 Å². The Hall–Kier alpha value is -1.53. The molecule has 0 aliphatic carbocycles. The SMILES string of the molecule is [CH+]=C1OCC(c2ccccc2)O1. The third-order valence-electron chi connectivity index (χ3n) is 1.81. The van der Waals surface area contributed by atoms with E-state index in [9.17, 15) is 0 Å². The smallest absolute Gasteiger partial charge is 0.420 e. The predicted octanol–water partition coefficient (Wildman–Crippen LogP) is 2.05. The van der Waals surface area contributed by atoms with Gasteiger partial charge in [-0.1, -0.05) is 30.3 Å². The lowest BCUT2D eigenvalue weighted by Crippen LogP contribution is -1.98. The van der Waals surface area contributed by atoms with Crippen molar-refractivity contribution in [2.24, 2.45) is 0 Å². The predicted molar refractivity (Wildman–Crippen MR) is 44.0 cm³/mol. The lowest BCUT2D eigenvalue weighted by Gasteiger charge is -2.04. The van der Waals surface area contributed by atoms with Gasteiger partial charge in [-0.15, -0.1) is 0 Å². The molecule has 1 aromatic rings. The monoisotopic (exact) mass is 161 g/mol. The fraction of sp³-hybridized carbons (Fsp3) is 0.200. The van der Waals surface area contributed by atoms with Crippen molar-refractivity contribution in [3.63, 3.8) is 0 Å². The van der Waals surface area contributed by atoms with Crippen LogP contribution in [0.3, 0.4) is 0 Å². The molecule has 0 radical (unpaired) electrons. The van der Waals surface area contributed by atoms with Crippen molar-refractivity contribution in [3.05, 3.63) is 48.4 Å². The summed E-state index contributed by atoms with van der Waals surface area (Å²) in [5, 5.41) is 0. The second kappa shape index (κ2) is 2.84. The molecule has 0 aromatic heterocycles. The molecule has 2 heteroatoms. The van der Waals surface area contributed by atoms with Gasteiger partial charge in [0.1, 0.15) is 6.61 Å². The lowest BCUT2D eigenvalue weighted by molar-refractivity contribution is 0.143. The summed E-state index contributed by atoms with van der Waals surface area (Å²) in [6, 6.07) is 9.88. The highest BCUT2D eigenvalue weighted by Crippen LogP contribution is 2.26. The van der Waals surface area contributed by atoms with Gasteiger partial charge in [0, 0.05) is 0 Å². The molecule has 1 aromatic carbocycles. The summed E-state index contributed by atoms with van der Waals surface area (Å²) in [4.78, 5) is 0. The molecule has 1 fully saturated rings. The minimum absolute atomic E-state index is 0.0359. The number of hydrogen-bond acceptors (Lipinski definition) is 2. The van der Waals surface area contributed by atoms with Gasteiger partial charge in [0.05, 0.1) is 0 Å². The highest BCUT2D eigenvalue weighted by atomic mass is 16.7. The first-order valence-electron chi connectivity index (χ1n) is 3.83. The molecule has 12 heavy (non-hydrogen) atoms. The first-order valence-corrected chi connectivity index (χ1v) is 3.83. The molecular weight excluding hydrogens is 152 g/mol. The minimum atomic E-state index is -0.0359. The molecule has 1 atom stereocenters. The molecule has 2 nitrogen and oxygen atoms in total. The van der Waals surface area contributed by atoms with Crippen molar-refractivity contribution in [2.75, 3.05) is 6.61 Å². The molecule has 2 rings (SSSR count). The molecule has 0 saturated carbocycles. The topological polar surface area (TPSA) is 18.5 Å². The second-order valence-corrected chi connectivity index (χ2v) is 2.65. The Morgan fingerprint density at radius 2 is 2.00 bits per heavy atom. The molecule has 1 aliphatic heterocycles. The summed E-state index contributed by atoms with van der Waals surface area (Å²) in [7, 11) is 0. The lowest BCUT2D eigenvalue weighted by atomic mass is 10.1. The zero-order chi connectivity index (χ0) is 8.39. The van der Waals surface area contributed by atoms with Gasteiger partial charge in [0.25, 0.3) is 0 Å². The van der Waals surface area contributed by atoms with Crippen molar-refractivity contribution < 1.29 is 9.47 Å². The summed E-state index contributed by atoms with van der Waals surface area (Å²) in [6.07, 6.45) is -0.0359. The summed E-state index contributed by atoms with van der Waals surface area (Å²) in [5.74, 6) is 0.170. The average Bonchev–Trinajstić information content (AvgIpc) is 2.54. The first kappa shape index (κ1) is 7.14. The maximum Gasteiger partial charge on any atom is 0.540 e. The van der Waals surface area contributed by atoms with E-state index in [0.717, 1.165) is 5.56 Å². The molecule has 1 unspecified atom stereocenters. The third-order valence-corrected chi connectivity index (χ3v) is 1.81. The zero-order valence-corrected chi connectivity index (χ0v) is 6.57. The maximum absolute atomic E-state index is 5.33. The van der Waals surface area contributed by atoms with Gasteiger partial charge in [-0.3, -0.25) is 0 Å². The van der Waals surface area contributed by atoms with Crippen molar-refractivity contribution in [1.29, 1.82) is 0 Å². The van der Waals surface area contributed by atoms with Crippen LogP contribution in [-0.2, 0) is 9.47 Å². The van der Waals surface area contributed by atoms with Crippen LogP contribution in [0.1, 0.15) is 11.7 Å². The van der Waals surface area contributed by atoms with Crippen LogP contribution in [0.25, 0.3) is 0 Å². The van der Waals surface area contributed by atoms with Gasteiger partial charge in [0.15, 0.2) is 6.10 Å². The zero-order valence-electron chi connectivity index (χ0n) is 6.57. The minimum Gasteiger partial charge on any atom is -0.420 e. The van der Waals surface area contributed by atoms with E-state index in [4.69, 9.17) is 16.1 Å². The van der Waals surface area contributed by atoms with Crippen molar-refractivity contribution in [3.8, 4) is 0 Å². The molecule has 60 valence electrons. The second-order valence-electron chi connectivity index (χ2n) is 2.65. The fourth-order valence-corrected chi connectivity index (χ4v) is 1.20. The average molecular weight is 161 g/mol. The molecule has 1 saturated heterocycles. The highest BCUT2D eigenvalue weighted by molar-refractivity contribution is 5.18. The normalized spacial score (nSPS) is 21.6. The van der Waals surface area contributed by atoms with Crippen LogP contribution in [0.4, 0.5) is 0 Å². The van der Waals surface area contributed by atoms with Crippen LogP contribution in [0.2, 0.25) is 0 Å².